The summed E-state index contributed by atoms with van der Waals surface area (Å²) in [6, 6.07) is 19.3. The van der Waals surface area contributed by atoms with Crippen molar-refractivity contribution in [2.75, 3.05) is 36.4 Å². The number of nitrogens with zero attached hydrogens (tertiary/aromatic N) is 4. The van der Waals surface area contributed by atoms with E-state index >= 15 is 0 Å². The highest BCUT2D eigenvalue weighted by Gasteiger charge is 2.19. The van der Waals surface area contributed by atoms with Crippen molar-refractivity contribution in [3.63, 3.8) is 0 Å². The third-order valence-electron chi connectivity index (χ3n) is 5.19. The molecular weight excluding hydrogens is 365 g/mol. The summed E-state index contributed by atoms with van der Waals surface area (Å²) < 4.78 is 13.8. The van der Waals surface area contributed by atoms with Crippen molar-refractivity contribution in [1.29, 1.82) is 0 Å². The maximum atomic E-state index is 13.8. The maximum absolute atomic E-state index is 13.8. The first-order chi connectivity index (χ1) is 14.2. The van der Waals surface area contributed by atoms with E-state index in [1.165, 1.54) is 11.6 Å². The molecule has 2 heterocycles. The van der Waals surface area contributed by atoms with E-state index in [1.807, 2.05) is 19.1 Å². The maximum Gasteiger partial charge on any atom is 0.134 e. The van der Waals surface area contributed by atoms with E-state index in [4.69, 9.17) is 0 Å². The van der Waals surface area contributed by atoms with Crippen molar-refractivity contribution in [1.82, 2.24) is 14.9 Å². The van der Waals surface area contributed by atoms with Crippen molar-refractivity contribution >= 4 is 11.6 Å². The fourth-order valence-corrected chi connectivity index (χ4v) is 3.61. The van der Waals surface area contributed by atoms with Crippen LogP contribution >= 0.6 is 0 Å². The Labute approximate surface area is 171 Å². The number of nitrogens with one attached hydrogen (secondary N) is 1. The molecule has 1 fully saturated rings. The van der Waals surface area contributed by atoms with Crippen LogP contribution in [0.25, 0.3) is 0 Å². The monoisotopic (exact) mass is 391 g/mol. The Bertz CT molecular complexity index is 939. The fraction of sp³-hybridized carbons (Fsp3) is 0.304. The largest absolute Gasteiger partial charge is 0.366 e. The minimum atomic E-state index is -0.208. The van der Waals surface area contributed by atoms with Gasteiger partial charge in [0.05, 0.1) is 0 Å². The molecule has 0 radical (unpaired) electrons. The Morgan fingerprint density at radius 3 is 2.41 bits per heavy atom. The zero-order chi connectivity index (χ0) is 20.1. The van der Waals surface area contributed by atoms with E-state index in [-0.39, 0.29) is 5.82 Å². The molecule has 1 N–H and O–H groups in total. The molecule has 0 spiro atoms. The lowest BCUT2D eigenvalue weighted by Gasteiger charge is -2.35. The van der Waals surface area contributed by atoms with Gasteiger partial charge < -0.3 is 10.2 Å². The number of hydrogen-bond donors (Lipinski definition) is 1. The quantitative estimate of drug-likeness (QED) is 0.691. The smallest absolute Gasteiger partial charge is 0.134 e. The van der Waals surface area contributed by atoms with Crippen LogP contribution in [0.5, 0.6) is 0 Å². The van der Waals surface area contributed by atoms with Gasteiger partial charge in [0, 0.05) is 50.9 Å². The summed E-state index contributed by atoms with van der Waals surface area (Å²) in [7, 11) is 0. The molecule has 0 unspecified atom stereocenters. The van der Waals surface area contributed by atoms with Gasteiger partial charge in [-0.15, -0.1) is 0 Å². The van der Waals surface area contributed by atoms with Crippen molar-refractivity contribution in [3.8, 4) is 0 Å². The Kier molecular flexibility index (Phi) is 6.00. The summed E-state index contributed by atoms with van der Waals surface area (Å²) in [5.41, 5.74) is 1.97. The highest BCUT2D eigenvalue weighted by molar-refractivity contribution is 5.50. The molecule has 150 valence electrons. The van der Waals surface area contributed by atoms with Gasteiger partial charge in [0.25, 0.3) is 0 Å². The van der Waals surface area contributed by atoms with Crippen LogP contribution in [0.15, 0.2) is 60.7 Å². The second-order valence-electron chi connectivity index (χ2n) is 7.35. The molecule has 0 aliphatic carbocycles. The van der Waals surface area contributed by atoms with E-state index in [0.717, 1.165) is 44.4 Å². The summed E-state index contributed by atoms with van der Waals surface area (Å²) in [5, 5.41) is 3.24. The average Bonchev–Trinajstić information content (AvgIpc) is 2.74. The van der Waals surface area contributed by atoms with Crippen LogP contribution in [-0.2, 0) is 13.1 Å². The minimum Gasteiger partial charge on any atom is -0.366 e. The van der Waals surface area contributed by atoms with Gasteiger partial charge in [-0.25, -0.2) is 14.4 Å². The van der Waals surface area contributed by atoms with Crippen LogP contribution in [-0.4, -0.2) is 41.0 Å². The molecular formula is C23H26FN5. The lowest BCUT2D eigenvalue weighted by molar-refractivity contribution is 0.249. The third kappa shape index (κ3) is 5.09. The molecule has 4 rings (SSSR count). The van der Waals surface area contributed by atoms with Gasteiger partial charge in [-0.2, -0.15) is 0 Å². The number of piperazine rings is 1. The van der Waals surface area contributed by atoms with Crippen LogP contribution in [0.2, 0.25) is 0 Å². The van der Waals surface area contributed by atoms with E-state index in [9.17, 15) is 4.39 Å². The molecule has 1 saturated heterocycles. The van der Waals surface area contributed by atoms with Crippen molar-refractivity contribution < 1.29 is 4.39 Å². The van der Waals surface area contributed by atoms with Gasteiger partial charge in [-0.1, -0.05) is 48.5 Å². The van der Waals surface area contributed by atoms with E-state index in [0.29, 0.717) is 17.9 Å². The SMILES string of the molecule is Cc1nc(NCc2ccccc2F)cc(N2CCN(Cc3ccccc3)CC2)n1. The normalized spacial score (nSPS) is 14.8. The van der Waals surface area contributed by atoms with Crippen molar-refractivity contribution in [2.24, 2.45) is 0 Å². The number of benzene rings is 2. The second kappa shape index (κ2) is 9.01. The van der Waals surface area contributed by atoms with Gasteiger partial charge in [-0.3, -0.25) is 4.90 Å². The molecule has 5 nitrogen and oxygen atoms in total. The molecule has 0 atom stereocenters. The van der Waals surface area contributed by atoms with Gasteiger partial charge in [0.15, 0.2) is 0 Å². The van der Waals surface area contributed by atoms with Crippen molar-refractivity contribution in [2.45, 2.75) is 20.0 Å². The molecule has 1 aliphatic heterocycles. The Balaban J connectivity index is 1.37. The average molecular weight is 391 g/mol. The number of hydrogen-bond acceptors (Lipinski definition) is 5. The lowest BCUT2D eigenvalue weighted by atomic mass is 10.2. The summed E-state index contributed by atoms with van der Waals surface area (Å²) in [6.07, 6.45) is 0. The Hall–Kier alpha value is -2.99. The zero-order valence-electron chi connectivity index (χ0n) is 16.7. The van der Waals surface area contributed by atoms with Gasteiger partial charge in [-0.05, 0) is 18.6 Å². The van der Waals surface area contributed by atoms with E-state index in [2.05, 4.69) is 55.4 Å². The predicted molar refractivity (Wildman–Crippen MR) is 114 cm³/mol. The molecule has 0 saturated carbocycles. The lowest BCUT2D eigenvalue weighted by Crippen LogP contribution is -2.46. The molecule has 3 aromatic rings. The van der Waals surface area contributed by atoms with Crippen LogP contribution in [0.1, 0.15) is 17.0 Å². The van der Waals surface area contributed by atoms with Gasteiger partial charge >= 0.3 is 0 Å². The van der Waals surface area contributed by atoms with Gasteiger partial charge in [0.1, 0.15) is 23.3 Å². The minimum absolute atomic E-state index is 0.208. The molecule has 1 aromatic heterocycles. The zero-order valence-corrected chi connectivity index (χ0v) is 16.7. The topological polar surface area (TPSA) is 44.3 Å². The van der Waals surface area contributed by atoms with E-state index < -0.39 is 0 Å². The first kappa shape index (κ1) is 19.3. The number of anilines is 2. The number of rotatable bonds is 6. The summed E-state index contributed by atoms with van der Waals surface area (Å²) in [5.74, 6) is 2.15. The summed E-state index contributed by atoms with van der Waals surface area (Å²) in [6.45, 7) is 7.11. The first-order valence-corrected chi connectivity index (χ1v) is 10.0. The first-order valence-electron chi connectivity index (χ1n) is 10.0. The van der Waals surface area contributed by atoms with Gasteiger partial charge in [0.2, 0.25) is 0 Å². The Morgan fingerprint density at radius 1 is 0.931 bits per heavy atom. The van der Waals surface area contributed by atoms with E-state index in [1.54, 1.807) is 12.1 Å². The van der Waals surface area contributed by atoms with Crippen LogP contribution in [0, 0.1) is 12.7 Å². The third-order valence-corrected chi connectivity index (χ3v) is 5.19. The highest BCUT2D eigenvalue weighted by Crippen LogP contribution is 2.19. The second-order valence-corrected chi connectivity index (χ2v) is 7.35. The number of aryl methyl sites for hydroxylation is 1. The molecule has 0 amide bonds. The Morgan fingerprint density at radius 2 is 1.66 bits per heavy atom. The van der Waals surface area contributed by atoms with Crippen molar-refractivity contribution in [3.05, 3.63) is 83.4 Å². The molecule has 29 heavy (non-hydrogen) atoms. The standard InChI is InChI=1S/C23H26FN5/c1-18-26-22(25-16-20-9-5-6-10-21(20)24)15-23(27-18)29-13-11-28(12-14-29)17-19-7-3-2-4-8-19/h2-10,15H,11-14,16-17H2,1H3,(H,25,26,27). The summed E-state index contributed by atoms with van der Waals surface area (Å²) >= 11 is 0. The molecule has 1 aliphatic rings. The van der Waals surface area contributed by atoms with Crippen LogP contribution < -0.4 is 10.2 Å². The predicted octanol–water partition coefficient (Wildman–Crippen LogP) is 3.86. The number of halogens is 1. The fourth-order valence-electron chi connectivity index (χ4n) is 3.61. The highest BCUT2D eigenvalue weighted by atomic mass is 19.1. The molecule has 6 heteroatoms. The summed E-state index contributed by atoms with van der Waals surface area (Å²) in [4.78, 5) is 13.8. The molecule has 2 aromatic carbocycles. The van der Waals surface area contributed by atoms with Crippen LogP contribution in [0.3, 0.4) is 0 Å². The molecule has 0 bridgehead atoms. The number of aromatic nitrogens is 2. The van der Waals surface area contributed by atoms with Crippen LogP contribution in [0.4, 0.5) is 16.0 Å².